The van der Waals surface area contributed by atoms with E-state index in [2.05, 4.69) is 0 Å². The molecule has 0 N–H and O–H groups in total. The van der Waals surface area contributed by atoms with Crippen molar-refractivity contribution in [2.24, 2.45) is 0 Å². The van der Waals surface area contributed by atoms with Crippen LogP contribution in [0.2, 0.25) is 0 Å². The van der Waals surface area contributed by atoms with Crippen LogP contribution in [-0.4, -0.2) is 0 Å². The van der Waals surface area contributed by atoms with E-state index < -0.39 is 0 Å². The Morgan fingerprint density at radius 2 is 0.800 bits per heavy atom. The number of halogens is 2. The van der Waals surface area contributed by atoms with Gasteiger partial charge < -0.3 is 0 Å². The van der Waals surface area contributed by atoms with Crippen molar-refractivity contribution in [3.8, 4) is 0 Å². The Hall–Kier alpha value is 2.81. The molecule has 0 aromatic rings. The summed E-state index contributed by atoms with van der Waals surface area (Å²) in [5, 5.41) is 0. The van der Waals surface area contributed by atoms with Gasteiger partial charge in [0.2, 0.25) is 0 Å². The van der Waals surface area contributed by atoms with E-state index in [1.807, 2.05) is 0 Å². The minimum atomic E-state index is 0. The summed E-state index contributed by atoms with van der Waals surface area (Å²) in [7, 11) is 0. The zero-order chi connectivity index (χ0) is 0. The Kier molecular flexibility index (Phi) is 267. The second-order valence-electron chi connectivity index (χ2n) is 0. The molecule has 4 heteroatoms. The van der Waals surface area contributed by atoms with Gasteiger partial charge in [-0.1, -0.05) is 0 Å². The summed E-state index contributed by atoms with van der Waals surface area (Å²) in [6.45, 7) is 0. The predicted octanol–water partition coefficient (Wildman–Crippen LogP) is -5.07. The maximum Gasteiger partial charge on any atom is 4.00 e. The molecule has 0 aliphatic carbocycles. The fraction of sp³-hybridized carbons (Fsp3) is 0. The van der Waals surface area contributed by atoms with E-state index in [1.165, 1.54) is 0 Å². The van der Waals surface area contributed by atoms with Crippen LogP contribution in [0.1, 0.15) is 0 Å². The predicted molar refractivity (Wildman–Crippen MR) is 17.7 cm³/mol. The normalized spacial score (nSPS) is 0. The van der Waals surface area contributed by atoms with Gasteiger partial charge in [0.25, 0.3) is 0 Å². The van der Waals surface area contributed by atoms with Gasteiger partial charge in [-0.25, -0.2) is 0 Å². The molecule has 0 fully saturated rings. The van der Waals surface area contributed by atoms with E-state index in [4.69, 9.17) is 0 Å². The first kappa shape index (κ1) is 45.8. The summed E-state index contributed by atoms with van der Waals surface area (Å²) in [5.41, 5.74) is 0. The Morgan fingerprint density at radius 1 is 0.800 bits per heavy atom. The molecular formula is CH2Cl2KLi+6. The Labute approximate surface area is 100 Å². The molecule has 0 saturated heterocycles. The molecule has 0 rings (SSSR count). The van der Waals surface area contributed by atoms with Crippen LogP contribution in [0.15, 0.2) is 0 Å². The first-order valence-electron chi connectivity index (χ1n) is 0. The average Bonchev–Trinajstić information content (AvgIpc) is 0. The molecule has 0 aromatic carbocycles. The van der Waals surface area contributed by atoms with Gasteiger partial charge in [0, 0.05) is 0 Å². The van der Waals surface area contributed by atoms with E-state index in [0.29, 0.717) is 0 Å². The number of rotatable bonds is 0. The third-order valence-corrected chi connectivity index (χ3v) is 0. The smallest absolute Gasteiger partial charge is 0.147 e. The number of hydrogen-bond donors (Lipinski definition) is 0. The minimum absolute atomic E-state index is 0. The van der Waals surface area contributed by atoms with Crippen LogP contribution in [0.3, 0.4) is 0 Å². The monoisotopic (exact) mass is 130 g/mol. The molecule has 0 aliphatic rings. The largest absolute Gasteiger partial charge is 4.00 e. The standard InChI is InChI=1S/C.2ClH.K.Li/h;2*1H;;/q+4;;;2*+1. The van der Waals surface area contributed by atoms with Crippen LogP contribution in [0.4, 0.5) is 0 Å². The van der Waals surface area contributed by atoms with Crippen LogP contribution >= 0.6 is 24.8 Å². The number of hydrogen-bond acceptors (Lipinski definition) is 0. The molecule has 0 spiro atoms. The molecule has 0 amide bonds. The van der Waals surface area contributed by atoms with Gasteiger partial charge in [-0.15, -0.1) is 24.8 Å². The van der Waals surface area contributed by atoms with Crippen molar-refractivity contribution in [2.45, 2.75) is 0 Å². The van der Waals surface area contributed by atoms with Crippen molar-refractivity contribution >= 4 is 24.8 Å². The maximum atomic E-state index is 0. The summed E-state index contributed by atoms with van der Waals surface area (Å²) < 4.78 is 0. The van der Waals surface area contributed by atoms with Crippen LogP contribution < -0.4 is 70.2 Å². The fourth-order valence-corrected chi connectivity index (χ4v) is 0. The van der Waals surface area contributed by atoms with Crippen molar-refractivity contribution in [3.63, 3.8) is 0 Å². The van der Waals surface area contributed by atoms with E-state index in [1.54, 1.807) is 0 Å². The van der Waals surface area contributed by atoms with Gasteiger partial charge in [0.05, 0.1) is 0 Å². The van der Waals surface area contributed by atoms with Crippen LogP contribution in [0.25, 0.3) is 0 Å². The Balaban J connectivity index is 0. The molecule has 16 valence electrons. The summed E-state index contributed by atoms with van der Waals surface area (Å²) in [5.74, 6) is 0. The summed E-state index contributed by atoms with van der Waals surface area (Å²) in [6, 6.07) is 0. The molecule has 0 radical (unpaired) electrons. The molecule has 0 aromatic heterocycles. The van der Waals surface area contributed by atoms with E-state index in [0.717, 1.165) is 0 Å². The zero-order valence-electron chi connectivity index (χ0n) is 3.32. The van der Waals surface area contributed by atoms with Crippen LogP contribution in [0, 0.1) is 7.43 Å². The van der Waals surface area contributed by atoms with Gasteiger partial charge in [-0.2, -0.15) is 0 Å². The molecule has 0 unspecified atom stereocenters. The fourth-order valence-electron chi connectivity index (χ4n) is 0. The van der Waals surface area contributed by atoms with Gasteiger partial charge >= 0.3 is 77.7 Å². The first-order chi connectivity index (χ1) is 0. The minimum Gasteiger partial charge on any atom is -0.147 e. The maximum absolute atomic E-state index is 0. The molecule has 0 heterocycles. The van der Waals surface area contributed by atoms with E-state index in [-0.39, 0.29) is 102 Å². The van der Waals surface area contributed by atoms with E-state index >= 15 is 0 Å². The first-order valence-corrected chi connectivity index (χ1v) is 0. The topological polar surface area (TPSA) is 0 Å². The zero-order valence-corrected chi connectivity index (χ0v) is 8.07. The van der Waals surface area contributed by atoms with Crippen molar-refractivity contribution in [1.82, 2.24) is 0 Å². The molecule has 0 aliphatic heterocycles. The third-order valence-electron chi connectivity index (χ3n) is 0. The molecule has 0 atom stereocenters. The Morgan fingerprint density at radius 3 is 0.800 bits per heavy atom. The SMILES string of the molecule is Cl.Cl.[C+4].[K+].[Li+]. The summed E-state index contributed by atoms with van der Waals surface area (Å²) >= 11 is 0. The van der Waals surface area contributed by atoms with Crippen LogP contribution in [0.5, 0.6) is 0 Å². The molecule has 0 bridgehead atoms. The van der Waals surface area contributed by atoms with Crippen LogP contribution in [-0.2, 0) is 0 Å². The molecule has 5 heavy (non-hydrogen) atoms. The molecule has 0 saturated carbocycles. The quantitative estimate of drug-likeness (QED) is 0.288. The second kappa shape index (κ2) is 29.1. The molecular weight excluding hydrogens is 129 g/mol. The second-order valence-corrected chi connectivity index (χ2v) is 0. The van der Waals surface area contributed by atoms with Crippen molar-refractivity contribution in [1.29, 1.82) is 0 Å². The van der Waals surface area contributed by atoms with Crippen molar-refractivity contribution in [2.75, 3.05) is 0 Å². The summed E-state index contributed by atoms with van der Waals surface area (Å²) in [6.07, 6.45) is 0. The Bertz CT molecular complexity index is 9.61. The van der Waals surface area contributed by atoms with Crippen molar-refractivity contribution < 1.29 is 70.2 Å². The average molecular weight is 131 g/mol. The summed E-state index contributed by atoms with van der Waals surface area (Å²) in [4.78, 5) is 0. The van der Waals surface area contributed by atoms with Gasteiger partial charge in [0.1, 0.15) is 0 Å². The van der Waals surface area contributed by atoms with Gasteiger partial charge in [0.15, 0.2) is 0 Å². The van der Waals surface area contributed by atoms with E-state index in [9.17, 15) is 0 Å². The van der Waals surface area contributed by atoms with Gasteiger partial charge in [-0.3, -0.25) is 0 Å². The van der Waals surface area contributed by atoms with Gasteiger partial charge in [-0.05, 0) is 0 Å². The molecule has 0 nitrogen and oxygen atoms in total. The third kappa shape index (κ3) is 19.9. The van der Waals surface area contributed by atoms with Crippen molar-refractivity contribution in [3.05, 3.63) is 7.43 Å².